The lowest BCUT2D eigenvalue weighted by Crippen LogP contribution is -2.39. The molecular weight excluding hydrogens is 243 g/mol. The van der Waals surface area contributed by atoms with Crippen molar-refractivity contribution in [2.24, 2.45) is 11.8 Å². The molecule has 1 aliphatic rings. The van der Waals surface area contributed by atoms with Gasteiger partial charge in [0.15, 0.2) is 11.6 Å². The van der Waals surface area contributed by atoms with Crippen LogP contribution in [0.3, 0.4) is 0 Å². The van der Waals surface area contributed by atoms with E-state index in [9.17, 15) is 4.39 Å². The van der Waals surface area contributed by atoms with Crippen LogP contribution in [-0.4, -0.2) is 29.6 Å². The van der Waals surface area contributed by atoms with Gasteiger partial charge in [-0.1, -0.05) is 20.8 Å². The highest BCUT2D eigenvalue weighted by atomic mass is 19.1. The zero-order chi connectivity index (χ0) is 13.8. The molecule has 4 nitrogen and oxygen atoms in total. The summed E-state index contributed by atoms with van der Waals surface area (Å²) in [5, 5.41) is 3.11. The van der Waals surface area contributed by atoms with E-state index in [1.54, 1.807) is 0 Å². The first-order chi connectivity index (χ1) is 9.11. The number of piperidine rings is 1. The summed E-state index contributed by atoms with van der Waals surface area (Å²) in [6.45, 7) is 9.08. The van der Waals surface area contributed by atoms with Gasteiger partial charge in [-0.15, -0.1) is 0 Å². The van der Waals surface area contributed by atoms with Gasteiger partial charge < -0.3 is 10.2 Å². The summed E-state index contributed by atoms with van der Waals surface area (Å²) in [4.78, 5) is 10.3. The molecular formula is C14H23FN4. The second-order valence-electron chi connectivity index (χ2n) is 5.48. The van der Waals surface area contributed by atoms with Crippen LogP contribution in [-0.2, 0) is 0 Å². The molecule has 0 saturated carbocycles. The lowest BCUT2D eigenvalue weighted by molar-refractivity contribution is 0.321. The van der Waals surface area contributed by atoms with Gasteiger partial charge in [-0.2, -0.15) is 4.98 Å². The molecule has 1 saturated heterocycles. The maximum Gasteiger partial charge on any atom is 0.224 e. The van der Waals surface area contributed by atoms with Crippen LogP contribution >= 0.6 is 0 Å². The Bertz CT molecular complexity index is 424. The Morgan fingerprint density at radius 2 is 2.21 bits per heavy atom. The molecule has 106 valence electrons. The van der Waals surface area contributed by atoms with Gasteiger partial charge in [0.2, 0.25) is 5.95 Å². The van der Waals surface area contributed by atoms with Crippen molar-refractivity contribution in [2.45, 2.75) is 33.6 Å². The predicted molar refractivity (Wildman–Crippen MR) is 75.9 cm³/mol. The minimum Gasteiger partial charge on any atom is -0.354 e. The third-order valence-electron chi connectivity index (χ3n) is 3.89. The van der Waals surface area contributed by atoms with Crippen molar-refractivity contribution in [3.8, 4) is 0 Å². The Labute approximate surface area is 114 Å². The molecule has 2 heterocycles. The Kier molecular flexibility index (Phi) is 4.56. The molecule has 1 aliphatic heterocycles. The van der Waals surface area contributed by atoms with E-state index < -0.39 is 0 Å². The van der Waals surface area contributed by atoms with E-state index in [4.69, 9.17) is 0 Å². The van der Waals surface area contributed by atoms with E-state index in [0.29, 0.717) is 23.6 Å². The number of hydrogen-bond donors (Lipinski definition) is 1. The summed E-state index contributed by atoms with van der Waals surface area (Å²) in [6, 6.07) is 0. The smallest absolute Gasteiger partial charge is 0.224 e. The average molecular weight is 266 g/mol. The first kappa shape index (κ1) is 14.0. The van der Waals surface area contributed by atoms with Crippen molar-refractivity contribution in [3.05, 3.63) is 12.0 Å². The molecule has 2 rings (SSSR count). The van der Waals surface area contributed by atoms with Gasteiger partial charge in [0.05, 0.1) is 6.20 Å². The summed E-state index contributed by atoms with van der Waals surface area (Å²) in [7, 11) is 0. The van der Waals surface area contributed by atoms with E-state index in [2.05, 4.69) is 36.1 Å². The largest absolute Gasteiger partial charge is 0.354 e. The molecule has 19 heavy (non-hydrogen) atoms. The van der Waals surface area contributed by atoms with Gasteiger partial charge in [0.25, 0.3) is 0 Å². The summed E-state index contributed by atoms with van der Waals surface area (Å²) in [5.74, 6) is 1.88. The number of rotatable bonds is 4. The van der Waals surface area contributed by atoms with Crippen molar-refractivity contribution in [1.82, 2.24) is 9.97 Å². The zero-order valence-corrected chi connectivity index (χ0v) is 12.0. The Morgan fingerprint density at radius 1 is 1.42 bits per heavy atom. The highest BCUT2D eigenvalue weighted by Gasteiger charge is 2.25. The topological polar surface area (TPSA) is 41.1 Å². The minimum atomic E-state index is -0.330. The minimum absolute atomic E-state index is 0.330. The van der Waals surface area contributed by atoms with Crippen molar-refractivity contribution < 1.29 is 4.39 Å². The van der Waals surface area contributed by atoms with Crippen LogP contribution in [0.25, 0.3) is 0 Å². The Hall–Kier alpha value is -1.39. The standard InChI is InChI=1S/C14H23FN4/c1-4-6-16-14-17-8-12(15)13(18-14)19-7-5-10(2)11(3)9-19/h8,10-11H,4-7,9H2,1-3H3,(H,16,17,18). The van der Waals surface area contributed by atoms with Crippen LogP contribution in [0, 0.1) is 17.7 Å². The summed E-state index contributed by atoms with van der Waals surface area (Å²) in [5.41, 5.74) is 0. The molecule has 0 aliphatic carbocycles. The first-order valence-corrected chi connectivity index (χ1v) is 7.13. The van der Waals surface area contributed by atoms with Crippen LogP contribution in [0.5, 0.6) is 0 Å². The normalized spacial score (nSPS) is 23.5. The number of aromatic nitrogens is 2. The number of halogens is 1. The Balaban J connectivity index is 2.14. The molecule has 1 N–H and O–H groups in total. The van der Waals surface area contributed by atoms with Gasteiger partial charge in [-0.25, -0.2) is 9.37 Å². The van der Waals surface area contributed by atoms with Crippen molar-refractivity contribution in [2.75, 3.05) is 29.9 Å². The first-order valence-electron chi connectivity index (χ1n) is 7.13. The van der Waals surface area contributed by atoms with Gasteiger partial charge in [0.1, 0.15) is 0 Å². The van der Waals surface area contributed by atoms with Crippen LogP contribution in [0.4, 0.5) is 16.2 Å². The second kappa shape index (κ2) is 6.17. The molecule has 0 bridgehead atoms. The van der Waals surface area contributed by atoms with E-state index in [0.717, 1.165) is 32.5 Å². The number of nitrogens with zero attached hydrogens (tertiary/aromatic N) is 3. The lowest BCUT2D eigenvalue weighted by Gasteiger charge is -2.36. The van der Waals surface area contributed by atoms with Gasteiger partial charge in [0, 0.05) is 19.6 Å². The molecule has 2 unspecified atom stereocenters. The number of hydrogen-bond acceptors (Lipinski definition) is 4. The Morgan fingerprint density at radius 3 is 2.89 bits per heavy atom. The van der Waals surface area contributed by atoms with Crippen LogP contribution < -0.4 is 10.2 Å². The summed E-state index contributed by atoms with van der Waals surface area (Å²) >= 11 is 0. The van der Waals surface area contributed by atoms with Crippen molar-refractivity contribution in [1.29, 1.82) is 0 Å². The number of anilines is 2. The lowest BCUT2D eigenvalue weighted by atomic mass is 9.89. The molecule has 1 aromatic rings. The zero-order valence-electron chi connectivity index (χ0n) is 12.0. The molecule has 1 fully saturated rings. The van der Waals surface area contributed by atoms with Gasteiger partial charge in [-0.3, -0.25) is 0 Å². The van der Waals surface area contributed by atoms with Gasteiger partial charge >= 0.3 is 0 Å². The molecule has 0 radical (unpaired) electrons. The predicted octanol–water partition coefficient (Wildman–Crippen LogP) is 2.92. The van der Waals surface area contributed by atoms with E-state index in [1.165, 1.54) is 6.20 Å². The van der Waals surface area contributed by atoms with Crippen molar-refractivity contribution in [3.63, 3.8) is 0 Å². The second-order valence-corrected chi connectivity index (χ2v) is 5.48. The van der Waals surface area contributed by atoms with Crippen LogP contribution in [0.1, 0.15) is 33.6 Å². The van der Waals surface area contributed by atoms with E-state index in [1.807, 2.05) is 4.90 Å². The number of nitrogens with one attached hydrogen (secondary N) is 1. The molecule has 1 aromatic heterocycles. The van der Waals surface area contributed by atoms with Gasteiger partial charge in [-0.05, 0) is 24.7 Å². The molecule has 0 amide bonds. The van der Waals surface area contributed by atoms with Crippen molar-refractivity contribution >= 4 is 11.8 Å². The molecule has 0 aromatic carbocycles. The van der Waals surface area contributed by atoms with Crippen LogP contribution in [0.15, 0.2) is 6.20 Å². The van der Waals surface area contributed by atoms with E-state index in [-0.39, 0.29) is 5.82 Å². The highest BCUT2D eigenvalue weighted by molar-refractivity contribution is 5.44. The SMILES string of the molecule is CCCNc1ncc(F)c(N2CCC(C)C(C)C2)n1. The quantitative estimate of drug-likeness (QED) is 0.909. The molecule has 0 spiro atoms. The van der Waals surface area contributed by atoms with Crippen LogP contribution in [0.2, 0.25) is 0 Å². The third kappa shape index (κ3) is 3.33. The fourth-order valence-electron chi connectivity index (χ4n) is 2.36. The monoisotopic (exact) mass is 266 g/mol. The average Bonchev–Trinajstić information content (AvgIpc) is 2.41. The van der Waals surface area contributed by atoms with E-state index >= 15 is 0 Å². The fraction of sp³-hybridized carbons (Fsp3) is 0.714. The third-order valence-corrected chi connectivity index (χ3v) is 3.89. The fourth-order valence-corrected chi connectivity index (χ4v) is 2.36. The maximum atomic E-state index is 13.9. The highest BCUT2D eigenvalue weighted by Crippen LogP contribution is 2.27. The summed E-state index contributed by atoms with van der Waals surface area (Å²) in [6.07, 6.45) is 3.35. The molecule has 2 atom stereocenters. The summed E-state index contributed by atoms with van der Waals surface area (Å²) < 4.78 is 13.9. The maximum absolute atomic E-state index is 13.9. The molecule has 5 heteroatoms.